The number of hydrogen-bond acceptors (Lipinski definition) is 3. The number of sulfonamides is 1. The highest BCUT2D eigenvalue weighted by Gasteiger charge is 2.24. The third-order valence-corrected chi connectivity index (χ3v) is 3.42. The van der Waals surface area contributed by atoms with Crippen molar-refractivity contribution in [3.8, 4) is 0 Å². The third-order valence-electron chi connectivity index (χ3n) is 2.16. The largest absolute Gasteiger partial charge is 0.478 e. The molecular weight excluding hydrogens is 249 g/mol. The molecule has 0 heterocycles. The van der Waals surface area contributed by atoms with Crippen LogP contribution in [0.1, 0.15) is 17.3 Å². The normalized spacial score (nSPS) is 11.2. The predicted octanol–water partition coefficient (Wildman–Crippen LogP) is 1.31. The highest BCUT2D eigenvalue weighted by atomic mass is 32.2. The molecule has 94 valence electrons. The van der Waals surface area contributed by atoms with Crippen LogP contribution in [-0.4, -0.2) is 32.3 Å². The molecule has 0 bridgehead atoms. The van der Waals surface area contributed by atoms with Crippen molar-refractivity contribution in [2.45, 2.75) is 6.92 Å². The van der Waals surface area contributed by atoms with Gasteiger partial charge < -0.3 is 5.11 Å². The lowest BCUT2D eigenvalue weighted by Gasteiger charge is -2.22. The summed E-state index contributed by atoms with van der Waals surface area (Å²) in [5.74, 6) is -2.46. The summed E-state index contributed by atoms with van der Waals surface area (Å²) in [5.41, 5.74) is -0.803. The van der Waals surface area contributed by atoms with Crippen LogP contribution >= 0.6 is 0 Å². The highest BCUT2D eigenvalue weighted by molar-refractivity contribution is 7.92. The Bertz CT molecular complexity index is 541. The van der Waals surface area contributed by atoms with Gasteiger partial charge in [0, 0.05) is 6.54 Å². The first-order chi connectivity index (χ1) is 7.79. The molecule has 1 aromatic carbocycles. The van der Waals surface area contributed by atoms with Gasteiger partial charge in [-0.25, -0.2) is 17.6 Å². The van der Waals surface area contributed by atoms with Crippen molar-refractivity contribution in [2.24, 2.45) is 0 Å². The SMILES string of the molecule is CCN(c1cccc(F)c1C(=O)O)S(C)(=O)=O. The third kappa shape index (κ3) is 2.73. The van der Waals surface area contributed by atoms with Crippen molar-refractivity contribution in [3.63, 3.8) is 0 Å². The Hall–Kier alpha value is -1.63. The van der Waals surface area contributed by atoms with Gasteiger partial charge in [-0.15, -0.1) is 0 Å². The zero-order valence-electron chi connectivity index (χ0n) is 9.34. The molecule has 0 spiro atoms. The number of carbonyl (C=O) groups is 1. The first-order valence-corrected chi connectivity index (χ1v) is 6.63. The zero-order chi connectivity index (χ0) is 13.2. The molecule has 5 nitrogen and oxygen atoms in total. The summed E-state index contributed by atoms with van der Waals surface area (Å²) >= 11 is 0. The molecule has 1 aromatic rings. The van der Waals surface area contributed by atoms with E-state index in [1.807, 2.05) is 0 Å². The molecule has 1 rings (SSSR count). The average Bonchev–Trinajstić information content (AvgIpc) is 2.15. The summed E-state index contributed by atoms with van der Waals surface area (Å²) < 4.78 is 37.1. The molecular formula is C10H12FNO4S. The number of hydrogen-bond donors (Lipinski definition) is 1. The van der Waals surface area contributed by atoms with Gasteiger partial charge in [0.05, 0.1) is 11.9 Å². The van der Waals surface area contributed by atoms with E-state index < -0.39 is 27.4 Å². The molecule has 0 aliphatic heterocycles. The Morgan fingerprint density at radius 3 is 2.47 bits per heavy atom. The van der Waals surface area contributed by atoms with Crippen LogP contribution in [0.2, 0.25) is 0 Å². The second-order valence-corrected chi connectivity index (χ2v) is 5.27. The zero-order valence-corrected chi connectivity index (χ0v) is 10.2. The molecule has 0 amide bonds. The maximum Gasteiger partial charge on any atom is 0.340 e. The summed E-state index contributed by atoms with van der Waals surface area (Å²) in [4.78, 5) is 10.9. The summed E-state index contributed by atoms with van der Waals surface area (Å²) in [5, 5.41) is 8.90. The lowest BCUT2D eigenvalue weighted by atomic mass is 10.1. The summed E-state index contributed by atoms with van der Waals surface area (Å²) in [6, 6.07) is 3.51. The van der Waals surface area contributed by atoms with Crippen molar-refractivity contribution in [3.05, 3.63) is 29.6 Å². The monoisotopic (exact) mass is 261 g/mol. The lowest BCUT2D eigenvalue weighted by Crippen LogP contribution is -2.31. The molecule has 0 saturated carbocycles. The van der Waals surface area contributed by atoms with E-state index in [9.17, 15) is 17.6 Å². The summed E-state index contributed by atoms with van der Waals surface area (Å²) in [7, 11) is -3.64. The Balaban J connectivity index is 3.50. The standard InChI is InChI=1S/C10H12FNO4S/c1-3-12(17(2,15)16)8-6-4-5-7(11)9(8)10(13)14/h4-6H,3H2,1-2H3,(H,13,14). The molecule has 0 aliphatic rings. The van der Waals surface area contributed by atoms with E-state index in [4.69, 9.17) is 5.11 Å². The second kappa shape index (κ2) is 4.70. The fraction of sp³-hybridized carbons (Fsp3) is 0.300. The average molecular weight is 261 g/mol. The van der Waals surface area contributed by atoms with E-state index in [0.29, 0.717) is 0 Å². The first kappa shape index (κ1) is 13.4. The molecule has 1 N–H and O–H groups in total. The van der Waals surface area contributed by atoms with E-state index in [0.717, 1.165) is 16.6 Å². The maximum absolute atomic E-state index is 13.4. The van der Waals surface area contributed by atoms with Gasteiger partial charge in [-0.1, -0.05) is 6.07 Å². The number of aromatic carboxylic acids is 1. The molecule has 7 heteroatoms. The van der Waals surface area contributed by atoms with E-state index in [1.165, 1.54) is 19.1 Å². The smallest absolute Gasteiger partial charge is 0.340 e. The van der Waals surface area contributed by atoms with E-state index in [2.05, 4.69) is 0 Å². The lowest BCUT2D eigenvalue weighted by molar-refractivity contribution is 0.0693. The van der Waals surface area contributed by atoms with Crippen LogP contribution in [0.4, 0.5) is 10.1 Å². The second-order valence-electron chi connectivity index (χ2n) is 3.37. The van der Waals surface area contributed by atoms with Crippen molar-refractivity contribution in [1.82, 2.24) is 0 Å². The van der Waals surface area contributed by atoms with E-state index >= 15 is 0 Å². The Morgan fingerprint density at radius 2 is 2.06 bits per heavy atom. The fourth-order valence-corrected chi connectivity index (χ4v) is 2.49. The molecule has 0 aromatic heterocycles. The van der Waals surface area contributed by atoms with Gasteiger partial charge in [-0.3, -0.25) is 4.31 Å². The van der Waals surface area contributed by atoms with Crippen molar-refractivity contribution < 1.29 is 22.7 Å². The van der Waals surface area contributed by atoms with Crippen molar-refractivity contribution in [1.29, 1.82) is 0 Å². The maximum atomic E-state index is 13.4. The van der Waals surface area contributed by atoms with Gasteiger partial charge in [0.1, 0.15) is 11.4 Å². The molecule has 17 heavy (non-hydrogen) atoms. The van der Waals surface area contributed by atoms with Gasteiger partial charge in [0.25, 0.3) is 0 Å². The number of carboxylic acids is 1. The van der Waals surface area contributed by atoms with Gasteiger partial charge in [-0.05, 0) is 19.1 Å². The van der Waals surface area contributed by atoms with Crippen LogP contribution in [0.3, 0.4) is 0 Å². The van der Waals surface area contributed by atoms with Crippen molar-refractivity contribution >= 4 is 21.7 Å². The molecule has 0 radical (unpaired) electrons. The molecule has 0 unspecified atom stereocenters. The van der Waals surface area contributed by atoms with Crippen LogP contribution in [0.25, 0.3) is 0 Å². The minimum atomic E-state index is -3.64. The number of carboxylic acid groups (broad SMARTS) is 1. The number of halogens is 1. The van der Waals surface area contributed by atoms with Crippen LogP contribution in [-0.2, 0) is 10.0 Å². The van der Waals surface area contributed by atoms with Gasteiger partial charge in [0.2, 0.25) is 10.0 Å². The van der Waals surface area contributed by atoms with Crippen LogP contribution in [0, 0.1) is 5.82 Å². The number of rotatable bonds is 4. The fourth-order valence-electron chi connectivity index (χ4n) is 1.52. The molecule has 0 atom stereocenters. The summed E-state index contributed by atoms with van der Waals surface area (Å²) in [6.45, 7) is 1.57. The van der Waals surface area contributed by atoms with Crippen LogP contribution in [0.15, 0.2) is 18.2 Å². The first-order valence-electron chi connectivity index (χ1n) is 4.78. The quantitative estimate of drug-likeness (QED) is 0.886. The topological polar surface area (TPSA) is 74.7 Å². The minimum Gasteiger partial charge on any atom is -0.478 e. The number of anilines is 1. The van der Waals surface area contributed by atoms with Crippen LogP contribution < -0.4 is 4.31 Å². The summed E-state index contributed by atoms with van der Waals surface area (Å²) in [6.07, 6.45) is 0.938. The minimum absolute atomic E-state index is 0.0303. The number of benzene rings is 1. The Morgan fingerprint density at radius 1 is 1.47 bits per heavy atom. The van der Waals surface area contributed by atoms with E-state index in [-0.39, 0.29) is 12.2 Å². The molecule has 0 saturated heterocycles. The molecule has 0 aliphatic carbocycles. The van der Waals surface area contributed by atoms with Gasteiger partial charge in [-0.2, -0.15) is 0 Å². The van der Waals surface area contributed by atoms with Gasteiger partial charge >= 0.3 is 5.97 Å². The molecule has 0 fully saturated rings. The van der Waals surface area contributed by atoms with E-state index in [1.54, 1.807) is 0 Å². The van der Waals surface area contributed by atoms with Crippen LogP contribution in [0.5, 0.6) is 0 Å². The Labute approximate surface area is 98.5 Å². The Kier molecular flexibility index (Phi) is 3.72. The highest BCUT2D eigenvalue weighted by Crippen LogP contribution is 2.25. The number of nitrogens with zero attached hydrogens (tertiary/aromatic N) is 1. The predicted molar refractivity (Wildman–Crippen MR) is 61.2 cm³/mol. The van der Waals surface area contributed by atoms with Crippen molar-refractivity contribution in [2.75, 3.05) is 17.1 Å². The van der Waals surface area contributed by atoms with Gasteiger partial charge in [0.15, 0.2) is 0 Å².